The average molecular weight is 297 g/mol. The van der Waals surface area contributed by atoms with Crippen LogP contribution in [0.5, 0.6) is 0 Å². The summed E-state index contributed by atoms with van der Waals surface area (Å²) in [5, 5.41) is 13.5. The first kappa shape index (κ1) is 16.4. The van der Waals surface area contributed by atoms with Crippen LogP contribution in [0.4, 0.5) is 14.9 Å². The number of anilines is 1. The van der Waals surface area contributed by atoms with Crippen molar-refractivity contribution in [3.05, 3.63) is 29.6 Å². The third kappa shape index (κ3) is 4.16. The van der Waals surface area contributed by atoms with Crippen LogP contribution in [-0.2, 0) is 4.79 Å². The number of hydrogen-bond donors (Lipinski definition) is 3. The number of carbonyl (C=O) groups excluding carboxylic acids is 2. The molecule has 0 aliphatic heterocycles. The van der Waals surface area contributed by atoms with Crippen LogP contribution in [0, 0.1) is 5.82 Å². The van der Waals surface area contributed by atoms with E-state index < -0.39 is 23.5 Å². The molecule has 0 aliphatic rings. The number of nitrogens with zero attached hydrogens (tertiary/aromatic N) is 1. The predicted octanol–water partition coefficient (Wildman–Crippen LogP) is 1.12. The number of likely N-dealkylation sites (N-methyl/N-ethyl adjacent to an activating group) is 2. The Kier molecular flexibility index (Phi) is 5.65. The van der Waals surface area contributed by atoms with Crippen molar-refractivity contribution in [2.45, 2.75) is 6.92 Å². The van der Waals surface area contributed by atoms with Crippen LogP contribution in [0.2, 0.25) is 0 Å². The predicted molar refractivity (Wildman–Crippen MR) is 73.7 cm³/mol. The van der Waals surface area contributed by atoms with Crippen molar-refractivity contribution in [1.29, 1.82) is 0 Å². The molecule has 0 saturated carbocycles. The zero-order valence-corrected chi connectivity index (χ0v) is 11.6. The molecule has 1 aromatic rings. The van der Waals surface area contributed by atoms with Crippen LogP contribution >= 0.6 is 0 Å². The van der Waals surface area contributed by atoms with Crippen LogP contribution in [0.1, 0.15) is 17.3 Å². The highest BCUT2D eigenvalue weighted by molar-refractivity contribution is 6.00. The van der Waals surface area contributed by atoms with Crippen molar-refractivity contribution < 1.29 is 23.9 Å². The third-order valence-corrected chi connectivity index (χ3v) is 2.76. The SMILES string of the molecule is CCN(CC(=O)NC)C(=O)Nc1c(F)cccc1C(=O)O. The second-order valence-electron chi connectivity index (χ2n) is 4.09. The Bertz CT molecular complexity index is 562. The lowest BCUT2D eigenvalue weighted by atomic mass is 10.1. The normalized spacial score (nSPS) is 9.86. The van der Waals surface area contributed by atoms with Crippen LogP contribution in [0.3, 0.4) is 0 Å². The van der Waals surface area contributed by atoms with Crippen molar-refractivity contribution in [3.8, 4) is 0 Å². The number of rotatable bonds is 5. The molecule has 21 heavy (non-hydrogen) atoms. The molecule has 1 rings (SSSR count). The minimum atomic E-state index is -1.36. The van der Waals surface area contributed by atoms with Gasteiger partial charge in [-0.3, -0.25) is 4.79 Å². The van der Waals surface area contributed by atoms with E-state index in [9.17, 15) is 18.8 Å². The highest BCUT2D eigenvalue weighted by Gasteiger charge is 2.20. The molecule has 3 N–H and O–H groups in total. The minimum absolute atomic E-state index is 0.204. The van der Waals surface area contributed by atoms with Crippen LogP contribution in [0.15, 0.2) is 18.2 Å². The number of nitrogens with one attached hydrogen (secondary N) is 2. The van der Waals surface area contributed by atoms with Gasteiger partial charge in [-0.2, -0.15) is 0 Å². The third-order valence-electron chi connectivity index (χ3n) is 2.76. The summed E-state index contributed by atoms with van der Waals surface area (Å²) in [6.07, 6.45) is 0. The van der Waals surface area contributed by atoms with E-state index in [1.165, 1.54) is 19.2 Å². The highest BCUT2D eigenvalue weighted by atomic mass is 19.1. The van der Waals surface area contributed by atoms with Crippen LogP contribution in [0.25, 0.3) is 0 Å². The summed E-state index contributed by atoms with van der Waals surface area (Å²) in [7, 11) is 1.42. The van der Waals surface area contributed by atoms with E-state index in [1.807, 2.05) is 0 Å². The maximum atomic E-state index is 13.7. The molecule has 7 nitrogen and oxygen atoms in total. The van der Waals surface area contributed by atoms with Gasteiger partial charge in [0.2, 0.25) is 5.91 Å². The lowest BCUT2D eigenvalue weighted by molar-refractivity contribution is -0.121. The van der Waals surface area contributed by atoms with E-state index >= 15 is 0 Å². The van der Waals surface area contributed by atoms with Gasteiger partial charge in [-0.05, 0) is 19.1 Å². The standard InChI is InChI=1S/C13H16FN3O4/c1-3-17(7-10(18)15-2)13(21)16-11-8(12(19)20)5-4-6-9(11)14/h4-6H,3,7H2,1-2H3,(H,15,18)(H,16,21)(H,19,20). The van der Waals surface area contributed by atoms with Crippen molar-refractivity contribution in [3.63, 3.8) is 0 Å². The second kappa shape index (κ2) is 7.22. The van der Waals surface area contributed by atoms with Crippen molar-refractivity contribution in [2.75, 3.05) is 25.5 Å². The second-order valence-corrected chi connectivity index (χ2v) is 4.09. The van der Waals surface area contributed by atoms with Gasteiger partial charge in [-0.1, -0.05) is 6.07 Å². The van der Waals surface area contributed by atoms with Crippen LogP contribution < -0.4 is 10.6 Å². The van der Waals surface area contributed by atoms with E-state index in [-0.39, 0.29) is 24.6 Å². The van der Waals surface area contributed by atoms with Gasteiger partial charge in [0.1, 0.15) is 12.4 Å². The van der Waals surface area contributed by atoms with Crippen molar-refractivity contribution >= 4 is 23.6 Å². The Morgan fingerprint density at radius 2 is 2.00 bits per heavy atom. The first-order valence-corrected chi connectivity index (χ1v) is 6.19. The van der Waals surface area contributed by atoms with E-state index in [4.69, 9.17) is 5.11 Å². The highest BCUT2D eigenvalue weighted by Crippen LogP contribution is 2.20. The minimum Gasteiger partial charge on any atom is -0.478 e. The first-order chi connectivity index (χ1) is 9.90. The number of carboxylic acids is 1. The summed E-state index contributed by atoms with van der Waals surface area (Å²) in [6, 6.07) is 2.69. The Labute approximate surface area is 120 Å². The molecule has 114 valence electrons. The largest absolute Gasteiger partial charge is 0.478 e. The molecule has 0 spiro atoms. The number of benzene rings is 1. The number of carbonyl (C=O) groups is 3. The Hall–Kier alpha value is -2.64. The molecule has 0 aliphatic carbocycles. The summed E-state index contributed by atoms with van der Waals surface area (Å²) >= 11 is 0. The molecule has 3 amide bonds. The maximum absolute atomic E-state index is 13.7. The van der Waals surface area contributed by atoms with Gasteiger partial charge in [0.15, 0.2) is 0 Å². The molecule has 0 aromatic heterocycles. The van der Waals surface area contributed by atoms with E-state index in [0.717, 1.165) is 11.0 Å². The average Bonchev–Trinajstić information content (AvgIpc) is 2.45. The molecule has 0 fully saturated rings. The fraction of sp³-hybridized carbons (Fsp3) is 0.308. The molecule has 0 radical (unpaired) electrons. The number of amides is 3. The Morgan fingerprint density at radius 3 is 2.52 bits per heavy atom. The summed E-state index contributed by atoms with van der Waals surface area (Å²) in [6.45, 7) is 1.63. The number of para-hydroxylation sites is 1. The quantitative estimate of drug-likeness (QED) is 0.758. The summed E-state index contributed by atoms with van der Waals surface area (Å²) in [5.41, 5.74) is -0.787. The van der Waals surface area contributed by atoms with Crippen molar-refractivity contribution in [2.24, 2.45) is 0 Å². The first-order valence-electron chi connectivity index (χ1n) is 6.19. The lowest BCUT2D eigenvalue weighted by Crippen LogP contribution is -2.42. The van der Waals surface area contributed by atoms with E-state index in [1.54, 1.807) is 6.92 Å². The van der Waals surface area contributed by atoms with E-state index in [0.29, 0.717) is 0 Å². The summed E-state index contributed by atoms with van der Waals surface area (Å²) < 4.78 is 13.7. The fourth-order valence-electron chi connectivity index (χ4n) is 1.60. The van der Waals surface area contributed by atoms with E-state index in [2.05, 4.69) is 10.6 Å². The smallest absolute Gasteiger partial charge is 0.337 e. The van der Waals surface area contributed by atoms with Gasteiger partial charge in [0, 0.05) is 13.6 Å². The van der Waals surface area contributed by atoms with Crippen LogP contribution in [-0.4, -0.2) is 48.1 Å². The zero-order valence-electron chi connectivity index (χ0n) is 11.6. The fourth-order valence-corrected chi connectivity index (χ4v) is 1.60. The van der Waals surface area contributed by atoms with Gasteiger partial charge in [0.05, 0.1) is 11.3 Å². The van der Waals surface area contributed by atoms with Crippen molar-refractivity contribution in [1.82, 2.24) is 10.2 Å². The van der Waals surface area contributed by atoms with Gasteiger partial charge in [0.25, 0.3) is 0 Å². The van der Waals surface area contributed by atoms with Gasteiger partial charge < -0.3 is 20.6 Å². The van der Waals surface area contributed by atoms with Gasteiger partial charge in [-0.25, -0.2) is 14.0 Å². The molecule has 0 heterocycles. The number of halogens is 1. The molecule has 0 bridgehead atoms. The molecule has 1 aromatic carbocycles. The Balaban J connectivity index is 2.96. The number of urea groups is 1. The monoisotopic (exact) mass is 297 g/mol. The molecule has 0 saturated heterocycles. The molecular formula is C13H16FN3O4. The number of hydrogen-bond acceptors (Lipinski definition) is 3. The molecule has 8 heteroatoms. The topological polar surface area (TPSA) is 98.7 Å². The Morgan fingerprint density at radius 1 is 1.33 bits per heavy atom. The summed E-state index contributed by atoms with van der Waals surface area (Å²) in [4.78, 5) is 35.4. The summed E-state index contributed by atoms with van der Waals surface area (Å²) in [5.74, 6) is -2.61. The molecule has 0 atom stereocenters. The lowest BCUT2D eigenvalue weighted by Gasteiger charge is -2.21. The number of carboxylic acid groups (broad SMARTS) is 1. The maximum Gasteiger partial charge on any atom is 0.337 e. The molecule has 0 unspecified atom stereocenters. The molecular weight excluding hydrogens is 281 g/mol. The van der Waals surface area contributed by atoms with Gasteiger partial charge in [-0.15, -0.1) is 0 Å². The van der Waals surface area contributed by atoms with Gasteiger partial charge >= 0.3 is 12.0 Å². The number of aromatic carboxylic acids is 1. The zero-order chi connectivity index (χ0) is 16.0.